The molecule has 0 aliphatic carbocycles. The molecule has 0 unspecified atom stereocenters. The van der Waals surface area contributed by atoms with Crippen molar-refractivity contribution in [3.8, 4) is 11.3 Å². The molecule has 0 aliphatic rings. The highest BCUT2D eigenvalue weighted by molar-refractivity contribution is 5.67. The van der Waals surface area contributed by atoms with Gasteiger partial charge in [-0.2, -0.15) is 44.3 Å². The number of anilines is 1. The zero-order valence-electron chi connectivity index (χ0n) is 21.7. The fourth-order valence-corrected chi connectivity index (χ4v) is 4.29. The highest BCUT2D eigenvalue weighted by Gasteiger charge is 2.37. The lowest BCUT2D eigenvalue weighted by Gasteiger charge is -2.24. The summed E-state index contributed by atoms with van der Waals surface area (Å²) >= 11 is 0. The number of halogens is 9. The summed E-state index contributed by atoms with van der Waals surface area (Å²) < 4.78 is 122. The third kappa shape index (κ3) is 6.79. The molecule has 0 amide bonds. The molecule has 4 aromatic rings. The molecule has 0 saturated carbocycles. The van der Waals surface area contributed by atoms with Crippen molar-refractivity contribution in [1.29, 1.82) is 0 Å². The molecular formula is C25H22F9N7. The van der Waals surface area contributed by atoms with Crippen LogP contribution in [0.3, 0.4) is 0 Å². The van der Waals surface area contributed by atoms with E-state index in [9.17, 15) is 39.5 Å². The van der Waals surface area contributed by atoms with E-state index in [1.807, 2.05) is 6.92 Å². The maximum absolute atomic E-state index is 13.7. The first-order chi connectivity index (χ1) is 19.0. The number of aromatic nitrogens is 6. The van der Waals surface area contributed by atoms with Gasteiger partial charge in [-0.25, -0.2) is 4.98 Å². The minimum atomic E-state index is -5.09. The number of aryl methyl sites for hydroxylation is 3. The predicted molar refractivity (Wildman–Crippen MR) is 128 cm³/mol. The topological polar surface area (TPSA) is 75.5 Å². The van der Waals surface area contributed by atoms with Gasteiger partial charge in [-0.05, 0) is 60.0 Å². The fourth-order valence-electron chi connectivity index (χ4n) is 4.29. The Morgan fingerprint density at radius 3 is 1.95 bits per heavy atom. The standard InChI is InChI=1S/C25H22F9N7/c1-4-20-21(36-13(2)35-20)19-6-5-16(23(26,27)28)9-15(19)12-41(22-37-39-40(3)38-22)11-14-7-17(24(29,30)31)10-18(8-14)25(32,33)34/h5-10H,4,11-12H2,1-3H3,(H,35,36). The summed E-state index contributed by atoms with van der Waals surface area (Å²) in [6.45, 7) is 2.42. The number of nitrogens with one attached hydrogen (secondary N) is 1. The van der Waals surface area contributed by atoms with Crippen LogP contribution in [0.1, 0.15) is 46.3 Å². The number of tetrazole rings is 1. The van der Waals surface area contributed by atoms with Crippen LogP contribution in [0.15, 0.2) is 36.4 Å². The van der Waals surface area contributed by atoms with E-state index in [1.165, 1.54) is 13.1 Å². The maximum atomic E-state index is 13.7. The minimum absolute atomic E-state index is 0.00843. The molecular weight excluding hydrogens is 569 g/mol. The first-order valence-electron chi connectivity index (χ1n) is 12.0. The SMILES string of the molecule is CCc1[nH]c(C)nc1-c1ccc(C(F)(F)F)cc1CN(Cc1cc(C(F)(F)F)cc(C(F)(F)F)c1)c1nnn(C)n1. The summed E-state index contributed by atoms with van der Waals surface area (Å²) in [5, 5.41) is 11.4. The monoisotopic (exact) mass is 591 g/mol. The molecule has 220 valence electrons. The quantitative estimate of drug-likeness (QED) is 0.241. The van der Waals surface area contributed by atoms with E-state index in [2.05, 4.69) is 25.4 Å². The maximum Gasteiger partial charge on any atom is 0.416 e. The Hall–Kier alpha value is -4.11. The molecule has 0 spiro atoms. The Morgan fingerprint density at radius 1 is 0.829 bits per heavy atom. The summed E-state index contributed by atoms with van der Waals surface area (Å²) in [4.78, 5) is 9.57. The Morgan fingerprint density at radius 2 is 1.44 bits per heavy atom. The Bertz CT molecular complexity index is 1500. The van der Waals surface area contributed by atoms with Crippen LogP contribution in [0, 0.1) is 6.92 Å². The van der Waals surface area contributed by atoms with E-state index in [4.69, 9.17) is 0 Å². The Labute approximate surface area is 227 Å². The molecule has 2 aromatic heterocycles. The third-order valence-corrected chi connectivity index (χ3v) is 6.10. The van der Waals surface area contributed by atoms with Crippen molar-refractivity contribution in [2.45, 2.75) is 51.9 Å². The molecule has 0 bridgehead atoms. The second kappa shape index (κ2) is 10.7. The summed E-state index contributed by atoms with van der Waals surface area (Å²) in [6, 6.07) is 4.02. The van der Waals surface area contributed by atoms with Gasteiger partial charge in [-0.1, -0.05) is 18.1 Å². The van der Waals surface area contributed by atoms with E-state index in [-0.39, 0.29) is 23.1 Å². The van der Waals surface area contributed by atoms with Crippen molar-refractivity contribution in [2.24, 2.45) is 7.05 Å². The lowest BCUT2D eigenvalue weighted by molar-refractivity contribution is -0.143. The number of nitrogens with zero attached hydrogens (tertiary/aromatic N) is 6. The lowest BCUT2D eigenvalue weighted by Crippen LogP contribution is -2.25. The van der Waals surface area contributed by atoms with Gasteiger partial charge in [0.15, 0.2) is 0 Å². The highest BCUT2D eigenvalue weighted by atomic mass is 19.4. The van der Waals surface area contributed by atoms with Crippen LogP contribution in [-0.2, 0) is 45.1 Å². The Balaban J connectivity index is 1.86. The second-order valence-electron chi connectivity index (χ2n) is 9.22. The van der Waals surface area contributed by atoms with Gasteiger partial charge in [0.25, 0.3) is 5.95 Å². The normalized spacial score (nSPS) is 12.7. The average molecular weight is 591 g/mol. The van der Waals surface area contributed by atoms with Gasteiger partial charge < -0.3 is 9.88 Å². The molecule has 7 nitrogen and oxygen atoms in total. The second-order valence-corrected chi connectivity index (χ2v) is 9.22. The summed E-state index contributed by atoms with van der Waals surface area (Å²) in [5.41, 5.74) is -3.18. The molecule has 41 heavy (non-hydrogen) atoms. The molecule has 4 rings (SSSR count). The van der Waals surface area contributed by atoms with Crippen LogP contribution < -0.4 is 4.90 Å². The van der Waals surface area contributed by atoms with E-state index in [0.717, 1.165) is 21.8 Å². The van der Waals surface area contributed by atoms with Gasteiger partial charge in [0, 0.05) is 24.3 Å². The van der Waals surface area contributed by atoms with Crippen LogP contribution in [0.2, 0.25) is 0 Å². The molecule has 16 heteroatoms. The largest absolute Gasteiger partial charge is 0.416 e. The van der Waals surface area contributed by atoms with Gasteiger partial charge in [0.1, 0.15) is 5.82 Å². The average Bonchev–Trinajstić information content (AvgIpc) is 3.46. The van der Waals surface area contributed by atoms with Crippen LogP contribution in [-0.4, -0.2) is 30.2 Å². The predicted octanol–water partition coefficient (Wildman–Crippen LogP) is 6.73. The smallest absolute Gasteiger partial charge is 0.346 e. The number of imidazole rings is 1. The summed E-state index contributed by atoms with van der Waals surface area (Å²) in [7, 11) is 1.37. The van der Waals surface area contributed by atoms with Crippen molar-refractivity contribution in [3.63, 3.8) is 0 Å². The summed E-state index contributed by atoms with van der Waals surface area (Å²) in [6.07, 6.45) is -14.5. The highest BCUT2D eigenvalue weighted by Crippen LogP contribution is 2.38. The zero-order valence-corrected chi connectivity index (χ0v) is 21.7. The van der Waals surface area contributed by atoms with Crippen molar-refractivity contribution < 1.29 is 39.5 Å². The number of benzene rings is 2. The zero-order chi connectivity index (χ0) is 30.3. The molecule has 0 radical (unpaired) electrons. The molecule has 2 aromatic carbocycles. The van der Waals surface area contributed by atoms with E-state index in [1.54, 1.807) is 6.92 Å². The number of hydrogen-bond donors (Lipinski definition) is 1. The van der Waals surface area contributed by atoms with E-state index in [0.29, 0.717) is 35.8 Å². The van der Waals surface area contributed by atoms with Gasteiger partial charge in [-0.3, -0.25) is 0 Å². The van der Waals surface area contributed by atoms with Crippen molar-refractivity contribution in [3.05, 3.63) is 75.7 Å². The first kappa shape index (κ1) is 29.9. The summed E-state index contributed by atoms with van der Waals surface area (Å²) in [5.74, 6) is 0.273. The molecule has 0 atom stereocenters. The molecule has 0 saturated heterocycles. The van der Waals surface area contributed by atoms with Crippen molar-refractivity contribution in [2.75, 3.05) is 4.90 Å². The van der Waals surface area contributed by atoms with E-state index >= 15 is 0 Å². The van der Waals surface area contributed by atoms with E-state index < -0.39 is 53.9 Å². The molecule has 0 aliphatic heterocycles. The number of aromatic amines is 1. The van der Waals surface area contributed by atoms with Crippen LogP contribution in [0.4, 0.5) is 45.5 Å². The third-order valence-electron chi connectivity index (χ3n) is 6.10. The Kier molecular flexibility index (Phi) is 7.80. The van der Waals surface area contributed by atoms with Gasteiger partial charge in [0.05, 0.1) is 29.4 Å². The minimum Gasteiger partial charge on any atom is -0.346 e. The van der Waals surface area contributed by atoms with Gasteiger partial charge in [0.2, 0.25) is 0 Å². The van der Waals surface area contributed by atoms with Gasteiger partial charge >= 0.3 is 18.5 Å². The lowest BCUT2D eigenvalue weighted by atomic mass is 9.98. The number of alkyl halides is 9. The van der Waals surface area contributed by atoms with Crippen LogP contribution in [0.5, 0.6) is 0 Å². The number of H-pyrrole nitrogens is 1. The van der Waals surface area contributed by atoms with Gasteiger partial charge in [-0.15, -0.1) is 5.10 Å². The van der Waals surface area contributed by atoms with Crippen molar-refractivity contribution in [1.82, 2.24) is 30.2 Å². The van der Waals surface area contributed by atoms with Crippen LogP contribution >= 0.6 is 0 Å². The molecule has 1 N–H and O–H groups in total. The number of hydrogen-bond acceptors (Lipinski definition) is 5. The fraction of sp³-hybridized carbons (Fsp3) is 0.360. The number of rotatable bonds is 7. The van der Waals surface area contributed by atoms with Crippen LogP contribution in [0.25, 0.3) is 11.3 Å². The molecule has 2 heterocycles. The first-order valence-corrected chi connectivity index (χ1v) is 12.0. The van der Waals surface area contributed by atoms with Crippen molar-refractivity contribution >= 4 is 5.95 Å². The molecule has 0 fully saturated rings.